The van der Waals surface area contributed by atoms with Gasteiger partial charge in [-0.15, -0.1) is 0 Å². The van der Waals surface area contributed by atoms with Crippen molar-refractivity contribution in [1.82, 2.24) is 39.5 Å². The predicted molar refractivity (Wildman–Crippen MR) is 255 cm³/mol. The van der Waals surface area contributed by atoms with Crippen molar-refractivity contribution < 1.29 is 24.3 Å². The minimum absolute atomic E-state index is 0.0149. The summed E-state index contributed by atoms with van der Waals surface area (Å²) in [6.45, 7) is 7.31. The first-order valence-electron chi connectivity index (χ1n) is 24.6. The number of hydrogen-bond donors (Lipinski definition) is 3. The molecule has 3 aromatic heterocycles. The van der Waals surface area contributed by atoms with Crippen LogP contribution in [0.15, 0.2) is 71.8 Å². The van der Waals surface area contributed by atoms with E-state index < -0.39 is 17.6 Å². The van der Waals surface area contributed by atoms with Gasteiger partial charge < -0.3 is 15.3 Å². The summed E-state index contributed by atoms with van der Waals surface area (Å²) in [5.41, 5.74) is 6.18. The van der Waals surface area contributed by atoms with E-state index in [-0.39, 0.29) is 53.3 Å². The van der Waals surface area contributed by atoms with E-state index >= 15 is 0 Å². The van der Waals surface area contributed by atoms with Crippen LogP contribution in [0, 0.1) is 6.92 Å². The number of aromatic nitrogens is 4. The van der Waals surface area contributed by atoms with E-state index in [4.69, 9.17) is 9.97 Å². The zero-order chi connectivity index (χ0) is 46.8. The van der Waals surface area contributed by atoms with Crippen molar-refractivity contribution in [3.8, 4) is 0 Å². The standard InChI is InChI=1S/C53H59N9O6/c1-31-43-27-55-52(58-48(43)62(39-5-3-4-6-39)51(67)47(31)32(2)63)56-45-17-11-36(26-54-45)35-19-21-59(22-20-35)28-33-7-9-34(10-8-33)29-60-40-13-14-41(60)25-53(68,24-40)38-12-15-42-37(23-38)30-61(50(42)66)44-16-18-46(64)57-49(44)65/h7-12,15,17,23,26-27,35,39-41,44,68H,3-6,13-14,16,18-22,24-25,28-30H2,1-2H3,(H,57,64,65)(H,54,55,56,58)/t40-,41+,44?,53?. The van der Waals surface area contributed by atoms with Gasteiger partial charge in [-0.2, -0.15) is 4.98 Å². The van der Waals surface area contributed by atoms with Gasteiger partial charge in [-0.25, -0.2) is 9.97 Å². The number of Topliss-reactive ketones (excluding diaryl/α,β-unsaturated/α-hetero) is 1. The number of nitrogens with one attached hydrogen (secondary N) is 2. The number of hydrogen-bond acceptors (Lipinski definition) is 12. The fourth-order valence-electron chi connectivity index (χ4n) is 12.5. The molecule has 8 heterocycles. The molecule has 5 fully saturated rings. The maximum absolute atomic E-state index is 13.6. The largest absolute Gasteiger partial charge is 0.385 e. The molecule has 5 aliphatic heterocycles. The quantitative estimate of drug-likeness (QED) is 0.0942. The number of benzene rings is 2. The highest BCUT2D eigenvalue weighted by Crippen LogP contribution is 2.47. The van der Waals surface area contributed by atoms with Gasteiger partial charge in [-0.3, -0.25) is 43.7 Å². The SMILES string of the molecule is CC(=O)c1c(C)c2cnc(Nc3ccc(C4CCN(Cc5ccc(CN6[C@@H]7CC[C@H]6CC(O)(c6ccc8c(c6)CN(C6CCC(=O)NC6=O)C8=O)C7)cc5)CC4)cn3)nc2n(C2CCCC2)c1=O. The fraction of sp³-hybridized carbons (Fsp3) is 0.472. The van der Waals surface area contributed by atoms with Gasteiger partial charge in [0, 0.05) is 67.5 Å². The molecule has 4 atom stereocenters. The molecule has 15 heteroatoms. The molecule has 1 aliphatic carbocycles. The van der Waals surface area contributed by atoms with E-state index in [0.29, 0.717) is 60.3 Å². The second-order valence-corrected chi connectivity index (χ2v) is 20.3. The molecule has 0 spiro atoms. The number of anilines is 2. The molecular weight excluding hydrogens is 859 g/mol. The second-order valence-electron chi connectivity index (χ2n) is 20.3. The summed E-state index contributed by atoms with van der Waals surface area (Å²) in [4.78, 5) is 84.5. The molecule has 2 unspecified atom stereocenters. The molecule has 6 aliphatic rings. The first-order chi connectivity index (χ1) is 32.9. The van der Waals surface area contributed by atoms with Crippen molar-refractivity contribution in [2.75, 3.05) is 18.4 Å². The van der Waals surface area contributed by atoms with Crippen molar-refractivity contribution in [2.24, 2.45) is 0 Å². The average Bonchev–Trinajstić information content (AvgIpc) is 4.04. The van der Waals surface area contributed by atoms with E-state index in [0.717, 1.165) is 94.1 Å². The third kappa shape index (κ3) is 8.21. The van der Waals surface area contributed by atoms with E-state index in [2.05, 4.69) is 55.7 Å². The van der Waals surface area contributed by atoms with Gasteiger partial charge >= 0.3 is 0 Å². The first-order valence-corrected chi connectivity index (χ1v) is 24.6. The Labute approximate surface area is 395 Å². The summed E-state index contributed by atoms with van der Waals surface area (Å²) < 4.78 is 1.73. The summed E-state index contributed by atoms with van der Waals surface area (Å²) in [5.74, 6) is 0.263. The first kappa shape index (κ1) is 44.4. The van der Waals surface area contributed by atoms with Crippen molar-refractivity contribution in [1.29, 1.82) is 0 Å². The van der Waals surface area contributed by atoms with Crippen LogP contribution < -0.4 is 16.2 Å². The normalized spacial score (nSPS) is 24.8. The lowest BCUT2D eigenvalue weighted by molar-refractivity contribution is -0.136. The van der Waals surface area contributed by atoms with Crippen LogP contribution in [0.2, 0.25) is 0 Å². The number of aliphatic hydroxyl groups is 1. The number of pyridine rings is 2. The number of piperidine rings is 3. The Kier molecular flexibility index (Phi) is 11.6. The molecule has 3 N–H and O–H groups in total. The van der Waals surface area contributed by atoms with Gasteiger partial charge in [-0.05, 0) is 136 Å². The number of aryl methyl sites for hydroxylation is 1. The van der Waals surface area contributed by atoms with Gasteiger partial charge in [-0.1, -0.05) is 55.3 Å². The lowest BCUT2D eigenvalue weighted by Gasteiger charge is -2.44. The van der Waals surface area contributed by atoms with Crippen LogP contribution in [0.5, 0.6) is 0 Å². The van der Waals surface area contributed by atoms with Crippen LogP contribution in [0.4, 0.5) is 11.8 Å². The third-order valence-electron chi connectivity index (χ3n) is 16.1. The number of imide groups is 1. The molecule has 352 valence electrons. The van der Waals surface area contributed by atoms with Crippen LogP contribution in [-0.2, 0) is 34.8 Å². The molecule has 68 heavy (non-hydrogen) atoms. The van der Waals surface area contributed by atoms with Gasteiger partial charge in [0.1, 0.15) is 17.5 Å². The third-order valence-corrected chi connectivity index (χ3v) is 16.1. The minimum atomic E-state index is -0.987. The predicted octanol–water partition coefficient (Wildman–Crippen LogP) is 6.71. The lowest BCUT2D eigenvalue weighted by Crippen LogP contribution is -2.52. The summed E-state index contributed by atoms with van der Waals surface area (Å²) in [6.07, 6.45) is 13.5. The molecule has 2 aromatic carbocycles. The number of ketones is 1. The molecule has 0 radical (unpaired) electrons. The Hall–Kier alpha value is -6.16. The number of amides is 3. The summed E-state index contributed by atoms with van der Waals surface area (Å²) in [6, 6.07) is 18.7. The average molecular weight is 918 g/mol. The molecule has 1 saturated carbocycles. The molecule has 4 saturated heterocycles. The highest BCUT2D eigenvalue weighted by Gasteiger charge is 2.49. The molecule has 3 amide bonds. The van der Waals surface area contributed by atoms with E-state index in [1.165, 1.54) is 23.6 Å². The van der Waals surface area contributed by atoms with Crippen LogP contribution in [-0.4, -0.2) is 94.0 Å². The number of fused-ring (bicyclic) bond motifs is 4. The van der Waals surface area contributed by atoms with Crippen LogP contribution in [0.3, 0.4) is 0 Å². The van der Waals surface area contributed by atoms with Crippen molar-refractivity contribution >= 4 is 46.3 Å². The Balaban J connectivity index is 0.671. The zero-order valence-electron chi connectivity index (χ0n) is 38.9. The summed E-state index contributed by atoms with van der Waals surface area (Å²) >= 11 is 0. The van der Waals surface area contributed by atoms with E-state index in [1.54, 1.807) is 28.7 Å². The van der Waals surface area contributed by atoms with Gasteiger partial charge in [0.25, 0.3) is 11.5 Å². The Morgan fingerprint density at radius 2 is 1.56 bits per heavy atom. The molecule has 11 rings (SSSR count). The molecular formula is C53H59N9O6. The van der Waals surface area contributed by atoms with Gasteiger partial charge in [0.2, 0.25) is 17.8 Å². The number of carbonyl (C=O) groups excluding carboxylic acids is 4. The summed E-state index contributed by atoms with van der Waals surface area (Å²) in [7, 11) is 0. The Bertz CT molecular complexity index is 2870. The molecule has 5 aromatic rings. The van der Waals surface area contributed by atoms with Gasteiger partial charge in [0.05, 0.1) is 11.2 Å². The number of likely N-dealkylation sites (tertiary alicyclic amines) is 1. The maximum atomic E-state index is 13.6. The van der Waals surface area contributed by atoms with Crippen molar-refractivity contribution in [3.05, 3.63) is 122 Å². The Morgan fingerprint density at radius 1 is 0.838 bits per heavy atom. The number of rotatable bonds is 11. The minimum Gasteiger partial charge on any atom is -0.385 e. The van der Waals surface area contributed by atoms with Crippen LogP contribution in [0.1, 0.15) is 150 Å². The smallest absolute Gasteiger partial charge is 0.263 e. The van der Waals surface area contributed by atoms with Crippen LogP contribution in [0.25, 0.3) is 11.0 Å². The summed E-state index contributed by atoms with van der Waals surface area (Å²) in [5, 5.41) is 18.5. The van der Waals surface area contributed by atoms with E-state index in [1.807, 2.05) is 24.4 Å². The second kappa shape index (κ2) is 17.7. The highest BCUT2D eigenvalue weighted by molar-refractivity contribution is 6.05. The topological polar surface area (TPSA) is 183 Å². The van der Waals surface area contributed by atoms with Crippen LogP contribution >= 0.6 is 0 Å². The lowest BCUT2D eigenvalue weighted by atomic mass is 9.79. The fourth-order valence-corrected chi connectivity index (χ4v) is 12.5. The van der Waals surface area contributed by atoms with E-state index in [9.17, 15) is 29.1 Å². The van der Waals surface area contributed by atoms with Crippen molar-refractivity contribution in [3.63, 3.8) is 0 Å². The Morgan fingerprint density at radius 3 is 2.24 bits per heavy atom. The highest BCUT2D eigenvalue weighted by atomic mass is 16.3. The monoisotopic (exact) mass is 917 g/mol. The maximum Gasteiger partial charge on any atom is 0.263 e. The van der Waals surface area contributed by atoms with Gasteiger partial charge in [0.15, 0.2) is 5.78 Å². The molecule has 2 bridgehead atoms. The molecule has 15 nitrogen and oxygen atoms in total. The zero-order valence-corrected chi connectivity index (χ0v) is 38.9. The number of carbonyl (C=O) groups is 4. The number of nitrogens with zero attached hydrogens (tertiary/aromatic N) is 7. The van der Waals surface area contributed by atoms with Crippen molar-refractivity contribution in [2.45, 2.75) is 146 Å².